The number of para-hydroxylation sites is 1. The highest BCUT2D eigenvalue weighted by molar-refractivity contribution is 9.10. The molecule has 0 aromatic heterocycles. The third kappa shape index (κ3) is 7.21. The first-order valence-electron chi connectivity index (χ1n) is 9.73. The van der Waals surface area contributed by atoms with Crippen LogP contribution >= 0.6 is 15.9 Å². The molecule has 0 saturated carbocycles. The largest absolute Gasteiger partial charge is 0.491 e. The van der Waals surface area contributed by atoms with Crippen molar-refractivity contribution in [2.75, 3.05) is 18.5 Å². The van der Waals surface area contributed by atoms with Crippen LogP contribution in [-0.2, 0) is 11.3 Å². The second kappa shape index (κ2) is 11.4. The van der Waals surface area contributed by atoms with Crippen molar-refractivity contribution < 1.29 is 14.3 Å². The molecule has 0 aliphatic carbocycles. The number of carbonyl (C=O) groups is 1. The molecule has 0 heterocycles. The molecule has 2 amide bonds. The Kier molecular flexibility index (Phi) is 8.30. The highest BCUT2D eigenvalue weighted by Crippen LogP contribution is 2.21. The molecule has 3 rings (SSSR count). The molecule has 3 aromatic carbocycles. The van der Waals surface area contributed by atoms with Gasteiger partial charge in [0.2, 0.25) is 0 Å². The lowest BCUT2D eigenvalue weighted by molar-refractivity contribution is 0.0855. The van der Waals surface area contributed by atoms with Crippen LogP contribution < -0.4 is 15.4 Å². The number of urea groups is 1. The van der Waals surface area contributed by atoms with E-state index < -0.39 is 0 Å². The van der Waals surface area contributed by atoms with Gasteiger partial charge in [0.25, 0.3) is 0 Å². The number of anilines is 1. The molecule has 0 aliphatic heterocycles. The Morgan fingerprint density at radius 2 is 1.73 bits per heavy atom. The monoisotopic (exact) mass is 468 g/mol. The van der Waals surface area contributed by atoms with Gasteiger partial charge in [-0.1, -0.05) is 54.6 Å². The number of ether oxygens (including phenoxy) is 2. The summed E-state index contributed by atoms with van der Waals surface area (Å²) in [6, 6.07) is 24.6. The summed E-state index contributed by atoms with van der Waals surface area (Å²) in [4.78, 5) is 12.5. The van der Waals surface area contributed by atoms with E-state index in [1.807, 2.05) is 85.8 Å². The second-order valence-corrected chi connectivity index (χ2v) is 7.76. The van der Waals surface area contributed by atoms with Crippen molar-refractivity contribution in [2.24, 2.45) is 0 Å². The third-order valence-corrected chi connectivity index (χ3v) is 5.02. The van der Waals surface area contributed by atoms with Gasteiger partial charge in [0.1, 0.15) is 12.4 Å². The third-order valence-electron chi connectivity index (χ3n) is 4.33. The van der Waals surface area contributed by atoms with Crippen LogP contribution in [0.5, 0.6) is 5.75 Å². The lowest BCUT2D eigenvalue weighted by Gasteiger charge is -2.20. The van der Waals surface area contributed by atoms with E-state index in [0.29, 0.717) is 25.5 Å². The van der Waals surface area contributed by atoms with Gasteiger partial charge in [-0.2, -0.15) is 0 Å². The maximum atomic E-state index is 12.5. The summed E-state index contributed by atoms with van der Waals surface area (Å²) in [6.07, 6.45) is 0. The van der Waals surface area contributed by atoms with E-state index in [1.165, 1.54) is 0 Å². The fourth-order valence-electron chi connectivity index (χ4n) is 2.83. The minimum atomic E-state index is -0.322. The predicted octanol–water partition coefficient (Wildman–Crippen LogP) is 5.54. The molecule has 6 heteroatoms. The maximum absolute atomic E-state index is 12.5. The first kappa shape index (κ1) is 21.9. The van der Waals surface area contributed by atoms with E-state index in [0.717, 1.165) is 21.3 Å². The molecule has 0 bridgehead atoms. The molecule has 156 valence electrons. The number of nitrogens with one attached hydrogen (secondary N) is 2. The summed E-state index contributed by atoms with van der Waals surface area (Å²) in [6.45, 7) is 3.09. The zero-order chi connectivity index (χ0) is 21.2. The number of halogens is 1. The maximum Gasteiger partial charge on any atom is 0.319 e. The number of carbonyl (C=O) groups excluding carboxylic acids is 1. The first-order valence-corrected chi connectivity index (χ1v) is 10.5. The summed E-state index contributed by atoms with van der Waals surface area (Å²) in [5.74, 6) is 0.760. The van der Waals surface area contributed by atoms with Gasteiger partial charge in [-0.15, -0.1) is 0 Å². The van der Waals surface area contributed by atoms with Crippen LogP contribution in [0.3, 0.4) is 0 Å². The van der Waals surface area contributed by atoms with E-state index in [-0.39, 0.29) is 12.1 Å². The molecule has 0 aliphatic rings. The molecule has 2 N–H and O–H groups in total. The van der Waals surface area contributed by atoms with Crippen molar-refractivity contribution in [1.29, 1.82) is 0 Å². The molecule has 30 heavy (non-hydrogen) atoms. The highest BCUT2D eigenvalue weighted by Gasteiger charge is 2.15. The predicted molar refractivity (Wildman–Crippen MR) is 123 cm³/mol. The molecular weight excluding hydrogens is 444 g/mol. The van der Waals surface area contributed by atoms with Crippen molar-refractivity contribution in [2.45, 2.75) is 19.6 Å². The van der Waals surface area contributed by atoms with Gasteiger partial charge in [-0.05, 0) is 58.2 Å². The summed E-state index contributed by atoms with van der Waals surface area (Å²) >= 11 is 3.43. The van der Waals surface area contributed by atoms with Crippen molar-refractivity contribution in [3.8, 4) is 5.75 Å². The van der Waals surface area contributed by atoms with Crippen LogP contribution in [0.25, 0.3) is 0 Å². The molecule has 0 fully saturated rings. The van der Waals surface area contributed by atoms with E-state index in [1.54, 1.807) is 0 Å². The van der Waals surface area contributed by atoms with Crippen molar-refractivity contribution >= 4 is 27.6 Å². The smallest absolute Gasteiger partial charge is 0.319 e. The van der Waals surface area contributed by atoms with E-state index >= 15 is 0 Å². The van der Waals surface area contributed by atoms with E-state index in [9.17, 15) is 4.79 Å². The fraction of sp³-hybridized carbons (Fsp3) is 0.208. The molecule has 0 unspecified atom stereocenters. The molecule has 0 saturated heterocycles. The number of benzene rings is 3. The van der Waals surface area contributed by atoms with Crippen molar-refractivity contribution in [1.82, 2.24) is 5.32 Å². The Labute approximate surface area is 185 Å². The quantitative estimate of drug-likeness (QED) is 0.433. The number of amides is 2. The average molecular weight is 469 g/mol. The van der Waals surface area contributed by atoms with Crippen LogP contribution in [0.15, 0.2) is 83.3 Å². The molecule has 1 atom stereocenters. The Morgan fingerprint density at radius 1 is 0.967 bits per heavy atom. The molecule has 0 radical (unpaired) electrons. The van der Waals surface area contributed by atoms with E-state index in [4.69, 9.17) is 9.47 Å². The zero-order valence-electron chi connectivity index (χ0n) is 16.8. The lowest BCUT2D eigenvalue weighted by atomic mass is 10.2. The summed E-state index contributed by atoms with van der Waals surface area (Å²) in [7, 11) is 0. The Balaban J connectivity index is 1.58. The number of rotatable bonds is 9. The van der Waals surface area contributed by atoms with Gasteiger partial charge in [-0.25, -0.2) is 4.79 Å². The van der Waals surface area contributed by atoms with Crippen LogP contribution in [0.4, 0.5) is 10.5 Å². The molecule has 0 spiro atoms. The number of hydrogen-bond donors (Lipinski definition) is 2. The summed E-state index contributed by atoms with van der Waals surface area (Å²) in [5.41, 5.74) is 2.89. The van der Waals surface area contributed by atoms with Crippen LogP contribution in [-0.4, -0.2) is 25.3 Å². The van der Waals surface area contributed by atoms with Crippen LogP contribution in [0, 0.1) is 6.92 Å². The van der Waals surface area contributed by atoms with Gasteiger partial charge in [-0.3, -0.25) is 0 Å². The Hall–Kier alpha value is -2.83. The Morgan fingerprint density at radius 3 is 2.50 bits per heavy atom. The molecule has 5 nitrogen and oxygen atoms in total. The lowest BCUT2D eigenvalue weighted by Crippen LogP contribution is -2.44. The van der Waals surface area contributed by atoms with Gasteiger partial charge in [0, 0.05) is 4.47 Å². The highest BCUT2D eigenvalue weighted by atomic mass is 79.9. The zero-order valence-corrected chi connectivity index (χ0v) is 18.4. The minimum Gasteiger partial charge on any atom is -0.491 e. The van der Waals surface area contributed by atoms with Gasteiger partial charge < -0.3 is 20.1 Å². The van der Waals surface area contributed by atoms with Crippen molar-refractivity contribution in [3.63, 3.8) is 0 Å². The summed E-state index contributed by atoms with van der Waals surface area (Å²) < 4.78 is 12.5. The molecular formula is C24H25BrN2O3. The molecule has 3 aromatic rings. The number of hydrogen-bond acceptors (Lipinski definition) is 3. The summed E-state index contributed by atoms with van der Waals surface area (Å²) in [5, 5.41) is 5.79. The fourth-order valence-corrected chi connectivity index (χ4v) is 3.22. The SMILES string of the molecule is Cc1cccc(OC[C@H](COCc2ccccc2)NC(=O)Nc2ccccc2Br)c1. The normalized spacial score (nSPS) is 11.5. The van der Waals surface area contributed by atoms with Crippen LogP contribution in [0.1, 0.15) is 11.1 Å². The topological polar surface area (TPSA) is 59.6 Å². The van der Waals surface area contributed by atoms with Gasteiger partial charge in [0.05, 0.1) is 24.9 Å². The van der Waals surface area contributed by atoms with Gasteiger partial charge >= 0.3 is 6.03 Å². The van der Waals surface area contributed by atoms with E-state index in [2.05, 4.69) is 26.6 Å². The standard InChI is InChI=1S/C24H25BrN2O3/c1-18-8-7-11-21(14-18)30-17-20(16-29-15-19-9-3-2-4-10-19)26-24(28)27-23-13-6-5-12-22(23)25/h2-14,20H,15-17H2,1H3,(H2,26,27,28)/t20-/m0/s1. The first-order chi connectivity index (χ1) is 14.6. The van der Waals surface area contributed by atoms with Gasteiger partial charge in [0.15, 0.2) is 0 Å². The van der Waals surface area contributed by atoms with Crippen molar-refractivity contribution in [3.05, 3.63) is 94.5 Å². The minimum absolute atomic E-state index is 0.293. The second-order valence-electron chi connectivity index (χ2n) is 6.90. The average Bonchev–Trinajstić information content (AvgIpc) is 2.74. The van der Waals surface area contributed by atoms with Crippen LogP contribution in [0.2, 0.25) is 0 Å². The number of aryl methyl sites for hydroxylation is 1. The Bertz CT molecular complexity index is 950.